The fourth-order valence-corrected chi connectivity index (χ4v) is 7.07. The molecule has 0 aliphatic rings. The van der Waals surface area contributed by atoms with Gasteiger partial charge in [-0.2, -0.15) is 0 Å². The van der Waals surface area contributed by atoms with Crippen molar-refractivity contribution in [3.8, 4) is 0 Å². The van der Waals surface area contributed by atoms with E-state index in [9.17, 15) is 9.59 Å². The second-order valence-electron chi connectivity index (χ2n) is 15.3. The van der Waals surface area contributed by atoms with Crippen LogP contribution in [0.3, 0.4) is 0 Å². The average Bonchev–Trinajstić information content (AvgIpc) is 3.07. The summed E-state index contributed by atoms with van der Waals surface area (Å²) in [6.07, 6.45) is 48.9. The first-order valence-electron chi connectivity index (χ1n) is 22.0. The number of rotatable bonds is 41. The van der Waals surface area contributed by atoms with Gasteiger partial charge in [-0.3, -0.25) is 9.59 Å². The van der Waals surface area contributed by atoms with Gasteiger partial charge in [0.25, 0.3) is 0 Å². The Balaban J connectivity index is 3.62. The zero-order valence-electron chi connectivity index (χ0n) is 32.8. The Labute approximate surface area is 301 Å². The lowest BCUT2D eigenvalue weighted by Gasteiger charge is -2.18. The summed E-state index contributed by atoms with van der Waals surface area (Å²) in [6.45, 7) is 4.54. The molecule has 0 aliphatic carbocycles. The SMILES string of the molecule is CCCCCCCCCCCCCCCCCCCCCC(=O)OC(CCCCC)CCCCCCCCCCCCCCCC(=O)O. The molecule has 0 aromatic rings. The summed E-state index contributed by atoms with van der Waals surface area (Å²) in [6, 6.07) is 0. The molecule has 0 spiro atoms. The van der Waals surface area contributed by atoms with Gasteiger partial charge in [0.2, 0.25) is 0 Å². The summed E-state index contributed by atoms with van der Waals surface area (Å²) in [7, 11) is 0. The molecule has 0 aromatic heterocycles. The smallest absolute Gasteiger partial charge is 0.306 e. The van der Waals surface area contributed by atoms with E-state index in [2.05, 4.69) is 13.8 Å². The van der Waals surface area contributed by atoms with Gasteiger partial charge in [0.1, 0.15) is 6.10 Å². The zero-order chi connectivity index (χ0) is 35.0. The van der Waals surface area contributed by atoms with Gasteiger partial charge in [-0.25, -0.2) is 0 Å². The summed E-state index contributed by atoms with van der Waals surface area (Å²) in [5, 5.41) is 8.68. The number of carbonyl (C=O) groups excluding carboxylic acids is 1. The largest absolute Gasteiger partial charge is 0.481 e. The first-order chi connectivity index (χ1) is 23.6. The summed E-state index contributed by atoms with van der Waals surface area (Å²) in [5.41, 5.74) is 0. The molecule has 0 bridgehead atoms. The zero-order valence-corrected chi connectivity index (χ0v) is 32.8. The van der Waals surface area contributed by atoms with E-state index < -0.39 is 5.97 Å². The van der Waals surface area contributed by atoms with Crippen molar-refractivity contribution in [2.75, 3.05) is 0 Å². The minimum absolute atomic E-state index is 0.0451. The molecule has 0 aliphatic heterocycles. The molecule has 0 heterocycles. The van der Waals surface area contributed by atoms with Gasteiger partial charge in [0.05, 0.1) is 0 Å². The second-order valence-corrected chi connectivity index (χ2v) is 15.3. The van der Waals surface area contributed by atoms with Crippen LogP contribution in [0.25, 0.3) is 0 Å². The third-order valence-corrected chi connectivity index (χ3v) is 10.3. The molecule has 4 heteroatoms. The predicted octanol–water partition coefficient (Wildman–Crippen LogP) is 15.2. The Morgan fingerprint density at radius 1 is 0.375 bits per heavy atom. The number of carboxylic acid groups (broad SMARTS) is 1. The van der Waals surface area contributed by atoms with Gasteiger partial charge in [-0.05, 0) is 38.5 Å². The lowest BCUT2D eigenvalue weighted by molar-refractivity contribution is -0.150. The van der Waals surface area contributed by atoms with Crippen molar-refractivity contribution in [3.05, 3.63) is 0 Å². The normalized spacial score (nSPS) is 12.0. The fraction of sp³-hybridized carbons (Fsp3) is 0.955. The van der Waals surface area contributed by atoms with Crippen LogP contribution in [0.5, 0.6) is 0 Å². The van der Waals surface area contributed by atoms with E-state index in [-0.39, 0.29) is 12.1 Å². The molecule has 0 radical (unpaired) electrons. The number of carboxylic acids is 1. The molecule has 4 nitrogen and oxygen atoms in total. The van der Waals surface area contributed by atoms with Crippen LogP contribution in [0, 0.1) is 0 Å². The quantitative estimate of drug-likeness (QED) is 0.0516. The molecule has 1 unspecified atom stereocenters. The highest BCUT2D eigenvalue weighted by Crippen LogP contribution is 2.19. The standard InChI is InChI=1S/C44H86O4/c1-3-5-7-8-9-10-11-12-13-14-15-16-17-21-24-27-30-33-37-41-44(47)48-42(38-34-6-4-2)39-35-31-28-25-22-19-18-20-23-26-29-32-36-40-43(45)46/h42H,3-41H2,1-2H3,(H,45,46). The number of hydrogen-bond donors (Lipinski definition) is 1. The van der Waals surface area contributed by atoms with E-state index in [1.165, 1.54) is 205 Å². The van der Waals surface area contributed by atoms with Gasteiger partial charge in [-0.15, -0.1) is 0 Å². The predicted molar refractivity (Wildman–Crippen MR) is 209 cm³/mol. The Bertz CT molecular complexity index is 648. The van der Waals surface area contributed by atoms with Crippen molar-refractivity contribution in [2.45, 2.75) is 270 Å². The van der Waals surface area contributed by atoms with Gasteiger partial charge in [0.15, 0.2) is 0 Å². The monoisotopic (exact) mass is 679 g/mol. The summed E-state index contributed by atoms with van der Waals surface area (Å²) in [4.78, 5) is 23.1. The van der Waals surface area contributed by atoms with Crippen LogP contribution in [0.4, 0.5) is 0 Å². The van der Waals surface area contributed by atoms with E-state index in [1.54, 1.807) is 0 Å². The Morgan fingerprint density at radius 2 is 0.625 bits per heavy atom. The third kappa shape index (κ3) is 39.4. The third-order valence-electron chi connectivity index (χ3n) is 10.3. The molecule has 1 atom stereocenters. The molecule has 0 amide bonds. The lowest BCUT2D eigenvalue weighted by Crippen LogP contribution is -2.18. The molecule has 0 fully saturated rings. The first kappa shape index (κ1) is 46.9. The van der Waals surface area contributed by atoms with E-state index in [4.69, 9.17) is 9.84 Å². The highest BCUT2D eigenvalue weighted by atomic mass is 16.5. The van der Waals surface area contributed by atoms with Gasteiger partial charge in [0, 0.05) is 12.8 Å². The minimum Gasteiger partial charge on any atom is -0.481 e. The number of unbranched alkanes of at least 4 members (excludes halogenated alkanes) is 32. The molecular formula is C44H86O4. The molecular weight excluding hydrogens is 592 g/mol. The Morgan fingerprint density at radius 3 is 0.958 bits per heavy atom. The first-order valence-corrected chi connectivity index (χ1v) is 22.0. The maximum absolute atomic E-state index is 12.6. The molecule has 0 saturated heterocycles. The van der Waals surface area contributed by atoms with Crippen molar-refractivity contribution in [2.24, 2.45) is 0 Å². The van der Waals surface area contributed by atoms with Crippen LogP contribution in [0.15, 0.2) is 0 Å². The van der Waals surface area contributed by atoms with Gasteiger partial charge in [-0.1, -0.05) is 213 Å². The van der Waals surface area contributed by atoms with Crippen LogP contribution in [-0.2, 0) is 14.3 Å². The van der Waals surface area contributed by atoms with Crippen LogP contribution in [-0.4, -0.2) is 23.1 Å². The molecule has 1 N–H and O–H groups in total. The van der Waals surface area contributed by atoms with Gasteiger partial charge >= 0.3 is 11.9 Å². The Hall–Kier alpha value is -1.06. The van der Waals surface area contributed by atoms with Crippen molar-refractivity contribution in [3.63, 3.8) is 0 Å². The molecule has 0 aromatic carbocycles. The number of ether oxygens (including phenoxy) is 1. The lowest BCUT2D eigenvalue weighted by atomic mass is 10.0. The molecule has 286 valence electrons. The summed E-state index contributed by atoms with van der Waals surface area (Å²) in [5.74, 6) is -0.620. The fourth-order valence-electron chi connectivity index (χ4n) is 7.07. The van der Waals surface area contributed by atoms with Crippen LogP contribution < -0.4 is 0 Å². The van der Waals surface area contributed by atoms with Crippen molar-refractivity contribution >= 4 is 11.9 Å². The molecule has 0 rings (SSSR count). The topological polar surface area (TPSA) is 63.6 Å². The van der Waals surface area contributed by atoms with E-state index in [0.29, 0.717) is 12.8 Å². The van der Waals surface area contributed by atoms with E-state index in [0.717, 1.165) is 32.1 Å². The maximum atomic E-state index is 12.6. The van der Waals surface area contributed by atoms with Crippen LogP contribution in [0.2, 0.25) is 0 Å². The van der Waals surface area contributed by atoms with Crippen molar-refractivity contribution in [1.29, 1.82) is 0 Å². The number of hydrogen-bond acceptors (Lipinski definition) is 3. The second kappa shape index (κ2) is 40.4. The minimum atomic E-state index is -0.665. The number of aliphatic carboxylic acids is 1. The summed E-state index contributed by atoms with van der Waals surface area (Å²) >= 11 is 0. The highest BCUT2D eigenvalue weighted by molar-refractivity contribution is 5.69. The maximum Gasteiger partial charge on any atom is 0.306 e. The van der Waals surface area contributed by atoms with Crippen LogP contribution in [0.1, 0.15) is 264 Å². The van der Waals surface area contributed by atoms with E-state index >= 15 is 0 Å². The van der Waals surface area contributed by atoms with Crippen LogP contribution >= 0.6 is 0 Å². The summed E-state index contributed by atoms with van der Waals surface area (Å²) < 4.78 is 5.99. The van der Waals surface area contributed by atoms with E-state index in [1.807, 2.05) is 0 Å². The number of esters is 1. The average molecular weight is 679 g/mol. The van der Waals surface area contributed by atoms with Crippen molar-refractivity contribution in [1.82, 2.24) is 0 Å². The molecule has 0 saturated carbocycles. The van der Waals surface area contributed by atoms with Gasteiger partial charge < -0.3 is 9.84 Å². The molecule has 48 heavy (non-hydrogen) atoms. The number of carbonyl (C=O) groups is 2. The Kier molecular flexibility index (Phi) is 39.5. The highest BCUT2D eigenvalue weighted by Gasteiger charge is 2.14. The van der Waals surface area contributed by atoms with Crippen molar-refractivity contribution < 1.29 is 19.4 Å².